The number of benzene rings is 2. The second-order valence-corrected chi connectivity index (χ2v) is 8.57. The van der Waals surface area contributed by atoms with Gasteiger partial charge < -0.3 is 24.4 Å². The van der Waals surface area contributed by atoms with Crippen LogP contribution in [0.5, 0.6) is 17.2 Å². The fourth-order valence-electron chi connectivity index (χ4n) is 4.36. The van der Waals surface area contributed by atoms with Crippen LogP contribution in [0.25, 0.3) is 0 Å². The predicted octanol–water partition coefficient (Wildman–Crippen LogP) is 3.99. The standard InChI is InChI=1S/C27H36N2O5/c1-4-25(27(31)28-21-12-8-9-13-21)29(15-14-20-10-6-5-7-11-20)26(30)19-34-24-17-22(32-2)16-23(18-24)33-3/h5-7,10-11,16-18,21,25H,4,8-9,12-15,19H2,1-3H3,(H,28,31)/t25-/m0/s1. The van der Waals surface area contributed by atoms with Gasteiger partial charge in [0, 0.05) is 30.8 Å². The zero-order valence-corrected chi connectivity index (χ0v) is 20.4. The minimum Gasteiger partial charge on any atom is -0.496 e. The van der Waals surface area contributed by atoms with Gasteiger partial charge in [-0.3, -0.25) is 9.59 Å². The van der Waals surface area contributed by atoms with E-state index in [1.807, 2.05) is 37.3 Å². The minimum atomic E-state index is -0.541. The summed E-state index contributed by atoms with van der Waals surface area (Å²) in [5.74, 6) is 1.30. The van der Waals surface area contributed by atoms with Crippen LogP contribution in [0.15, 0.2) is 48.5 Å². The summed E-state index contributed by atoms with van der Waals surface area (Å²) in [6.07, 6.45) is 5.47. The highest BCUT2D eigenvalue weighted by molar-refractivity contribution is 5.88. The summed E-state index contributed by atoms with van der Waals surface area (Å²) in [4.78, 5) is 28.2. The molecule has 0 aromatic heterocycles. The zero-order chi connectivity index (χ0) is 24.3. The summed E-state index contributed by atoms with van der Waals surface area (Å²) in [5.41, 5.74) is 1.12. The second kappa shape index (κ2) is 12.9. The molecule has 0 aliphatic heterocycles. The Morgan fingerprint density at radius 1 is 1.00 bits per heavy atom. The Morgan fingerprint density at radius 3 is 2.21 bits per heavy atom. The summed E-state index contributed by atoms with van der Waals surface area (Å²) in [7, 11) is 3.12. The van der Waals surface area contributed by atoms with E-state index in [1.54, 1.807) is 37.3 Å². The first-order valence-electron chi connectivity index (χ1n) is 12.0. The predicted molar refractivity (Wildman–Crippen MR) is 131 cm³/mol. The Balaban J connectivity index is 1.72. The zero-order valence-electron chi connectivity index (χ0n) is 20.4. The number of carbonyl (C=O) groups is 2. The molecule has 2 amide bonds. The lowest BCUT2D eigenvalue weighted by Crippen LogP contribution is -2.52. The molecule has 1 aliphatic carbocycles. The summed E-state index contributed by atoms with van der Waals surface area (Å²) in [6.45, 7) is 2.19. The van der Waals surface area contributed by atoms with E-state index in [2.05, 4.69) is 5.32 Å². The number of amides is 2. The molecule has 3 rings (SSSR count). The average molecular weight is 469 g/mol. The third-order valence-electron chi connectivity index (χ3n) is 6.26. The number of hydrogen-bond donors (Lipinski definition) is 1. The van der Waals surface area contributed by atoms with Gasteiger partial charge in [0.25, 0.3) is 5.91 Å². The number of carbonyl (C=O) groups excluding carboxylic acids is 2. The molecule has 2 aromatic carbocycles. The third-order valence-corrected chi connectivity index (χ3v) is 6.26. The Bertz CT molecular complexity index is 906. The van der Waals surface area contributed by atoms with Crippen LogP contribution in [0.1, 0.15) is 44.6 Å². The molecule has 0 spiro atoms. The van der Waals surface area contributed by atoms with Crippen molar-refractivity contribution in [3.63, 3.8) is 0 Å². The molecule has 7 nitrogen and oxygen atoms in total. The quantitative estimate of drug-likeness (QED) is 0.510. The Morgan fingerprint density at radius 2 is 1.62 bits per heavy atom. The molecule has 0 unspecified atom stereocenters. The van der Waals surface area contributed by atoms with Crippen LogP contribution < -0.4 is 19.5 Å². The molecule has 1 saturated carbocycles. The van der Waals surface area contributed by atoms with Gasteiger partial charge in [0.05, 0.1) is 14.2 Å². The SMILES string of the molecule is CC[C@@H](C(=O)NC1CCCC1)N(CCc1ccccc1)C(=O)COc1cc(OC)cc(OC)c1. The van der Waals surface area contributed by atoms with Gasteiger partial charge in [-0.15, -0.1) is 0 Å². The molecule has 0 bridgehead atoms. The topological polar surface area (TPSA) is 77.1 Å². The molecule has 0 heterocycles. The lowest BCUT2D eigenvalue weighted by Gasteiger charge is -2.31. The van der Waals surface area contributed by atoms with E-state index in [0.717, 1.165) is 31.2 Å². The van der Waals surface area contributed by atoms with Crippen molar-refractivity contribution in [2.45, 2.75) is 57.5 Å². The van der Waals surface area contributed by atoms with E-state index < -0.39 is 6.04 Å². The smallest absolute Gasteiger partial charge is 0.261 e. The number of rotatable bonds is 12. The first kappa shape index (κ1) is 25.4. The molecular weight excluding hydrogens is 432 g/mol. The summed E-state index contributed by atoms with van der Waals surface area (Å²) >= 11 is 0. The first-order valence-corrected chi connectivity index (χ1v) is 12.0. The van der Waals surface area contributed by atoms with Gasteiger partial charge in [0.2, 0.25) is 5.91 Å². The molecule has 1 aliphatic rings. The van der Waals surface area contributed by atoms with Gasteiger partial charge in [-0.05, 0) is 31.2 Å². The molecule has 1 fully saturated rings. The van der Waals surface area contributed by atoms with Crippen molar-refractivity contribution >= 4 is 11.8 Å². The average Bonchev–Trinajstić information content (AvgIpc) is 3.38. The number of nitrogens with one attached hydrogen (secondary N) is 1. The third kappa shape index (κ3) is 7.14. The summed E-state index contributed by atoms with van der Waals surface area (Å²) < 4.78 is 16.4. The van der Waals surface area contributed by atoms with Crippen molar-refractivity contribution in [2.75, 3.05) is 27.4 Å². The largest absolute Gasteiger partial charge is 0.496 e. The fraction of sp³-hybridized carbons (Fsp3) is 0.481. The van der Waals surface area contributed by atoms with E-state index >= 15 is 0 Å². The van der Waals surface area contributed by atoms with Gasteiger partial charge in [0.1, 0.15) is 23.3 Å². The van der Waals surface area contributed by atoms with Crippen molar-refractivity contribution in [3.8, 4) is 17.2 Å². The van der Waals surface area contributed by atoms with Gasteiger partial charge in [-0.2, -0.15) is 0 Å². The van der Waals surface area contributed by atoms with Crippen LogP contribution in [-0.4, -0.2) is 56.2 Å². The normalized spacial score (nSPS) is 14.3. The van der Waals surface area contributed by atoms with Crippen LogP contribution >= 0.6 is 0 Å². The maximum absolute atomic E-state index is 13.3. The van der Waals surface area contributed by atoms with E-state index in [9.17, 15) is 9.59 Å². The molecule has 0 saturated heterocycles. The van der Waals surface area contributed by atoms with Crippen molar-refractivity contribution in [3.05, 3.63) is 54.1 Å². The van der Waals surface area contributed by atoms with E-state index in [0.29, 0.717) is 36.6 Å². The van der Waals surface area contributed by atoms with Gasteiger partial charge >= 0.3 is 0 Å². The van der Waals surface area contributed by atoms with Crippen molar-refractivity contribution < 1.29 is 23.8 Å². The van der Waals surface area contributed by atoms with Crippen LogP contribution in [0.2, 0.25) is 0 Å². The number of nitrogens with zero attached hydrogens (tertiary/aromatic N) is 1. The van der Waals surface area contributed by atoms with Gasteiger partial charge in [-0.1, -0.05) is 50.1 Å². The second-order valence-electron chi connectivity index (χ2n) is 8.57. The van der Waals surface area contributed by atoms with Crippen LogP contribution in [0.3, 0.4) is 0 Å². The maximum atomic E-state index is 13.3. The minimum absolute atomic E-state index is 0.0844. The Labute approximate surface area is 202 Å². The lowest BCUT2D eigenvalue weighted by molar-refractivity contribution is -0.142. The maximum Gasteiger partial charge on any atom is 0.261 e. The highest BCUT2D eigenvalue weighted by Crippen LogP contribution is 2.27. The van der Waals surface area contributed by atoms with E-state index in [4.69, 9.17) is 14.2 Å². The van der Waals surface area contributed by atoms with Gasteiger partial charge in [-0.25, -0.2) is 0 Å². The molecule has 184 valence electrons. The lowest BCUT2D eigenvalue weighted by atomic mass is 10.1. The first-order chi connectivity index (χ1) is 16.5. The van der Waals surface area contributed by atoms with Crippen molar-refractivity contribution in [1.82, 2.24) is 10.2 Å². The molecule has 34 heavy (non-hydrogen) atoms. The monoisotopic (exact) mass is 468 g/mol. The molecule has 1 atom stereocenters. The highest BCUT2D eigenvalue weighted by atomic mass is 16.5. The number of methoxy groups -OCH3 is 2. The van der Waals surface area contributed by atoms with Crippen molar-refractivity contribution in [1.29, 1.82) is 0 Å². The fourth-order valence-corrected chi connectivity index (χ4v) is 4.36. The molecule has 0 radical (unpaired) electrons. The van der Waals surface area contributed by atoms with Gasteiger partial charge in [0.15, 0.2) is 6.61 Å². The van der Waals surface area contributed by atoms with Crippen molar-refractivity contribution in [2.24, 2.45) is 0 Å². The molecule has 7 heteroatoms. The number of ether oxygens (including phenoxy) is 3. The summed E-state index contributed by atoms with van der Waals surface area (Å²) in [5, 5.41) is 3.16. The summed E-state index contributed by atoms with van der Waals surface area (Å²) in [6, 6.07) is 14.8. The molecular formula is C27H36N2O5. The highest BCUT2D eigenvalue weighted by Gasteiger charge is 2.30. The van der Waals surface area contributed by atoms with Crippen LogP contribution in [0.4, 0.5) is 0 Å². The Kier molecular flexibility index (Phi) is 9.62. The van der Waals surface area contributed by atoms with Crippen LogP contribution in [0, 0.1) is 0 Å². The Hall–Kier alpha value is -3.22. The molecule has 2 aromatic rings. The van der Waals surface area contributed by atoms with E-state index in [-0.39, 0.29) is 24.5 Å². The van der Waals surface area contributed by atoms with Crippen LogP contribution in [-0.2, 0) is 16.0 Å². The van der Waals surface area contributed by atoms with E-state index in [1.165, 1.54) is 0 Å². The molecule has 1 N–H and O–H groups in total. The number of hydrogen-bond acceptors (Lipinski definition) is 5.